The molecule has 0 saturated carbocycles. The number of carbonyl (C=O) groups is 1. The fraction of sp³-hybridized carbons (Fsp3) is 0.526. The number of rotatable bonds is 5. The van der Waals surface area contributed by atoms with Crippen LogP contribution in [0.3, 0.4) is 0 Å². The Balaban J connectivity index is 1.84. The predicted octanol–water partition coefficient (Wildman–Crippen LogP) is 3.65. The molecule has 1 aromatic rings. The lowest BCUT2D eigenvalue weighted by atomic mass is 10.2. The van der Waals surface area contributed by atoms with Gasteiger partial charge in [0.05, 0.1) is 0 Å². The average molecular weight is 411 g/mol. The third-order valence-electron chi connectivity index (χ3n) is 3.84. The standard InChI is InChI=1S/C19H27BrN2O3/c1-14(24-17-8-6-16(20)7-9-17)18(23)22-12-10-21(11-13-22)15(2)25-19(3,4)5/h6-9,14H,2,10-13H2,1,3-5H3/t14-/m0/s1. The maximum absolute atomic E-state index is 12.6. The number of hydrogen-bond acceptors (Lipinski definition) is 4. The van der Waals surface area contributed by atoms with Crippen LogP contribution in [0.5, 0.6) is 5.75 Å². The first-order valence-electron chi connectivity index (χ1n) is 8.49. The number of amides is 1. The highest BCUT2D eigenvalue weighted by atomic mass is 79.9. The second-order valence-corrected chi connectivity index (χ2v) is 8.05. The van der Waals surface area contributed by atoms with Gasteiger partial charge in [-0.15, -0.1) is 0 Å². The number of benzene rings is 1. The second kappa shape index (κ2) is 8.13. The molecule has 25 heavy (non-hydrogen) atoms. The van der Waals surface area contributed by atoms with Gasteiger partial charge in [-0.3, -0.25) is 4.79 Å². The summed E-state index contributed by atoms with van der Waals surface area (Å²) in [5, 5.41) is 0. The summed E-state index contributed by atoms with van der Waals surface area (Å²) in [5.74, 6) is 1.36. The molecule has 0 aromatic heterocycles. The number of hydrogen-bond donors (Lipinski definition) is 0. The summed E-state index contributed by atoms with van der Waals surface area (Å²) in [6.07, 6.45) is -0.512. The summed E-state index contributed by atoms with van der Waals surface area (Å²) in [5.41, 5.74) is -0.267. The largest absolute Gasteiger partial charge is 0.481 e. The van der Waals surface area contributed by atoms with Crippen molar-refractivity contribution in [2.75, 3.05) is 26.2 Å². The van der Waals surface area contributed by atoms with E-state index in [0.29, 0.717) is 37.8 Å². The lowest BCUT2D eigenvalue weighted by Gasteiger charge is -2.39. The van der Waals surface area contributed by atoms with Crippen LogP contribution in [0, 0.1) is 0 Å². The number of ether oxygens (including phenoxy) is 2. The fourth-order valence-electron chi connectivity index (χ4n) is 2.62. The normalized spacial score (nSPS) is 16.4. The molecule has 1 amide bonds. The first-order valence-corrected chi connectivity index (χ1v) is 9.29. The van der Waals surface area contributed by atoms with Crippen molar-refractivity contribution in [2.24, 2.45) is 0 Å². The lowest BCUT2D eigenvalue weighted by molar-refractivity contribution is -0.140. The zero-order chi connectivity index (χ0) is 18.6. The summed E-state index contributed by atoms with van der Waals surface area (Å²) < 4.78 is 12.5. The summed E-state index contributed by atoms with van der Waals surface area (Å²) in [4.78, 5) is 16.5. The quantitative estimate of drug-likeness (QED) is 0.694. The van der Waals surface area contributed by atoms with Crippen molar-refractivity contribution in [3.05, 3.63) is 41.2 Å². The summed E-state index contributed by atoms with van der Waals surface area (Å²) in [6, 6.07) is 7.48. The van der Waals surface area contributed by atoms with E-state index in [4.69, 9.17) is 9.47 Å². The molecule has 1 heterocycles. The highest BCUT2D eigenvalue weighted by molar-refractivity contribution is 9.10. The van der Waals surface area contributed by atoms with Crippen molar-refractivity contribution < 1.29 is 14.3 Å². The molecule has 138 valence electrons. The van der Waals surface area contributed by atoms with E-state index in [9.17, 15) is 4.79 Å². The Bertz CT molecular complexity index is 602. The minimum absolute atomic E-state index is 0.00456. The van der Waals surface area contributed by atoms with Crippen molar-refractivity contribution in [3.63, 3.8) is 0 Å². The van der Waals surface area contributed by atoms with E-state index >= 15 is 0 Å². The molecule has 1 atom stereocenters. The Labute approximate surface area is 158 Å². The molecule has 1 saturated heterocycles. The van der Waals surface area contributed by atoms with Gasteiger partial charge in [-0.05, 0) is 58.5 Å². The Morgan fingerprint density at radius 1 is 1.12 bits per heavy atom. The molecule has 0 bridgehead atoms. The number of carbonyl (C=O) groups excluding carboxylic acids is 1. The van der Waals surface area contributed by atoms with Gasteiger partial charge in [0.25, 0.3) is 5.91 Å². The molecule has 2 rings (SSSR count). The van der Waals surface area contributed by atoms with Gasteiger partial charge in [0.2, 0.25) is 0 Å². The molecule has 1 aliphatic heterocycles. The molecule has 1 fully saturated rings. The van der Waals surface area contributed by atoms with Gasteiger partial charge in [0, 0.05) is 30.7 Å². The molecule has 1 aromatic carbocycles. The zero-order valence-electron chi connectivity index (χ0n) is 15.4. The molecule has 1 aliphatic rings. The van der Waals surface area contributed by atoms with Crippen molar-refractivity contribution in [1.82, 2.24) is 9.80 Å². The third kappa shape index (κ3) is 5.96. The molecule has 0 aliphatic carbocycles. The fourth-order valence-corrected chi connectivity index (χ4v) is 2.88. The van der Waals surface area contributed by atoms with Crippen LogP contribution in [0.4, 0.5) is 0 Å². The molecule has 0 spiro atoms. The van der Waals surface area contributed by atoms with Crippen LogP contribution in [0.2, 0.25) is 0 Å². The van der Waals surface area contributed by atoms with E-state index in [1.165, 1.54) is 0 Å². The molecule has 0 radical (unpaired) electrons. The van der Waals surface area contributed by atoms with Crippen molar-refractivity contribution in [1.29, 1.82) is 0 Å². The smallest absolute Gasteiger partial charge is 0.263 e. The van der Waals surface area contributed by atoms with E-state index < -0.39 is 6.10 Å². The Morgan fingerprint density at radius 2 is 1.64 bits per heavy atom. The average Bonchev–Trinajstić information content (AvgIpc) is 2.55. The molecule has 0 N–H and O–H groups in total. The highest BCUT2D eigenvalue weighted by Gasteiger charge is 2.27. The third-order valence-corrected chi connectivity index (χ3v) is 4.37. The Kier molecular flexibility index (Phi) is 6.38. The Morgan fingerprint density at radius 3 is 2.16 bits per heavy atom. The molecule has 6 heteroatoms. The van der Waals surface area contributed by atoms with Gasteiger partial charge in [-0.1, -0.05) is 15.9 Å². The maximum Gasteiger partial charge on any atom is 0.263 e. The minimum Gasteiger partial charge on any atom is -0.481 e. The van der Waals surface area contributed by atoms with Crippen LogP contribution in [0.1, 0.15) is 27.7 Å². The van der Waals surface area contributed by atoms with E-state index in [0.717, 1.165) is 4.47 Å². The van der Waals surface area contributed by atoms with Gasteiger partial charge >= 0.3 is 0 Å². The summed E-state index contributed by atoms with van der Waals surface area (Å²) >= 11 is 3.39. The first kappa shape index (κ1) is 19.6. The van der Waals surface area contributed by atoms with E-state index in [-0.39, 0.29) is 11.5 Å². The van der Waals surface area contributed by atoms with Crippen LogP contribution in [-0.4, -0.2) is 53.6 Å². The van der Waals surface area contributed by atoms with Gasteiger partial charge in [-0.25, -0.2) is 0 Å². The summed E-state index contributed by atoms with van der Waals surface area (Å²) in [6.45, 7) is 14.5. The van der Waals surface area contributed by atoms with Crippen LogP contribution in [0.15, 0.2) is 41.2 Å². The van der Waals surface area contributed by atoms with E-state index in [1.54, 1.807) is 6.92 Å². The first-order chi connectivity index (χ1) is 11.7. The van der Waals surface area contributed by atoms with Gasteiger partial charge < -0.3 is 19.3 Å². The highest BCUT2D eigenvalue weighted by Crippen LogP contribution is 2.20. The molecule has 0 unspecified atom stereocenters. The van der Waals surface area contributed by atoms with E-state index in [2.05, 4.69) is 27.4 Å². The van der Waals surface area contributed by atoms with Crippen molar-refractivity contribution >= 4 is 21.8 Å². The van der Waals surface area contributed by atoms with Crippen LogP contribution in [-0.2, 0) is 9.53 Å². The molecule has 5 nitrogen and oxygen atoms in total. The van der Waals surface area contributed by atoms with Crippen LogP contribution in [0.25, 0.3) is 0 Å². The second-order valence-electron chi connectivity index (χ2n) is 7.13. The van der Waals surface area contributed by atoms with Gasteiger partial charge in [0.1, 0.15) is 11.4 Å². The maximum atomic E-state index is 12.6. The Hall–Kier alpha value is -1.69. The van der Waals surface area contributed by atoms with Crippen molar-refractivity contribution in [3.8, 4) is 5.75 Å². The van der Waals surface area contributed by atoms with Crippen LogP contribution < -0.4 is 4.74 Å². The summed E-state index contributed by atoms with van der Waals surface area (Å²) in [7, 11) is 0. The van der Waals surface area contributed by atoms with Gasteiger partial charge in [-0.2, -0.15) is 0 Å². The number of piperazine rings is 1. The predicted molar refractivity (Wildman–Crippen MR) is 102 cm³/mol. The van der Waals surface area contributed by atoms with Gasteiger partial charge in [0.15, 0.2) is 12.0 Å². The number of nitrogens with zero attached hydrogens (tertiary/aromatic N) is 2. The minimum atomic E-state index is -0.512. The monoisotopic (exact) mass is 410 g/mol. The van der Waals surface area contributed by atoms with Crippen LogP contribution >= 0.6 is 15.9 Å². The zero-order valence-corrected chi connectivity index (χ0v) is 17.0. The SMILES string of the molecule is C=C(OC(C)(C)C)N1CCN(C(=O)[C@H](C)Oc2ccc(Br)cc2)CC1. The lowest BCUT2D eigenvalue weighted by Crippen LogP contribution is -2.51. The number of halogens is 1. The van der Waals surface area contributed by atoms with E-state index in [1.807, 2.05) is 49.9 Å². The van der Waals surface area contributed by atoms with Crippen molar-refractivity contribution in [2.45, 2.75) is 39.4 Å². The topological polar surface area (TPSA) is 42.0 Å². The molecular formula is C19H27BrN2O3. The molecular weight excluding hydrogens is 384 g/mol.